The van der Waals surface area contributed by atoms with Crippen molar-refractivity contribution in [2.45, 2.75) is 46.4 Å². The van der Waals surface area contributed by atoms with Crippen LogP contribution in [0.15, 0.2) is 24.3 Å². The number of aliphatic hydroxyl groups is 2. The van der Waals surface area contributed by atoms with Crippen molar-refractivity contribution in [1.29, 1.82) is 0 Å². The Kier molecular flexibility index (Phi) is 7.58. The molecule has 2 rings (SSSR count). The lowest BCUT2D eigenvalue weighted by Crippen LogP contribution is -2.03. The Hall–Kier alpha value is -2.16. The lowest BCUT2D eigenvalue weighted by molar-refractivity contribution is -0.313. The number of aliphatic hydroxyl groups excluding tert-OH is 2. The molecule has 0 saturated carbocycles. The summed E-state index contributed by atoms with van der Waals surface area (Å²) in [6.45, 7) is 3.04. The first-order valence-corrected chi connectivity index (χ1v) is 8.56. The highest BCUT2D eigenvalue weighted by molar-refractivity contribution is 5.44. The molecular weight excluding hydrogens is 352 g/mol. The molecule has 2 aromatic carbocycles. The van der Waals surface area contributed by atoms with Crippen molar-refractivity contribution in [2.75, 3.05) is 7.11 Å². The summed E-state index contributed by atoms with van der Waals surface area (Å²) < 4.78 is 5.28. The van der Waals surface area contributed by atoms with Gasteiger partial charge in [-0.25, -0.2) is 9.78 Å². The Labute approximate surface area is 158 Å². The van der Waals surface area contributed by atoms with E-state index < -0.39 is 0 Å². The summed E-state index contributed by atoms with van der Waals surface area (Å²) in [5.41, 5.74) is 3.40. The number of aryl methyl sites for hydroxylation is 1. The summed E-state index contributed by atoms with van der Waals surface area (Å²) in [5, 5.41) is 39.0. The summed E-state index contributed by atoms with van der Waals surface area (Å²) in [6.07, 6.45) is -0.211. The number of methoxy groups -OCH3 is 1. The summed E-state index contributed by atoms with van der Waals surface area (Å²) in [6, 6.07) is 6.83. The fraction of sp³-hybridized carbons (Fsp3) is 0.400. The van der Waals surface area contributed by atoms with Crippen molar-refractivity contribution >= 4 is 0 Å². The fourth-order valence-corrected chi connectivity index (χ4v) is 2.76. The average molecular weight is 378 g/mol. The Morgan fingerprint density at radius 2 is 1.26 bits per heavy atom. The zero-order valence-electron chi connectivity index (χ0n) is 15.7. The van der Waals surface area contributed by atoms with Gasteiger partial charge in [-0.3, -0.25) is 0 Å². The van der Waals surface area contributed by atoms with Crippen LogP contribution in [0.1, 0.15) is 46.4 Å². The molecule has 0 aromatic heterocycles. The van der Waals surface area contributed by atoms with E-state index in [0.29, 0.717) is 22.3 Å². The number of rotatable bonds is 9. The van der Waals surface area contributed by atoms with Crippen LogP contribution in [0.25, 0.3) is 0 Å². The van der Waals surface area contributed by atoms with Crippen molar-refractivity contribution in [1.82, 2.24) is 0 Å². The second-order valence-electron chi connectivity index (χ2n) is 6.34. The molecule has 0 fully saturated rings. The summed E-state index contributed by atoms with van der Waals surface area (Å²) in [4.78, 5) is 10.4. The quantitative estimate of drug-likeness (QED) is 0.302. The first-order valence-electron chi connectivity index (χ1n) is 8.56. The van der Waals surface area contributed by atoms with Gasteiger partial charge in [-0.15, -0.1) is 0 Å². The van der Waals surface area contributed by atoms with E-state index in [2.05, 4.69) is 0 Å². The maximum atomic E-state index is 10.2. The zero-order chi connectivity index (χ0) is 20.0. The Balaban J connectivity index is 2.06. The van der Waals surface area contributed by atoms with Crippen LogP contribution in [0.4, 0.5) is 0 Å². The molecule has 7 heteroatoms. The van der Waals surface area contributed by atoms with Crippen LogP contribution in [-0.4, -0.2) is 27.5 Å². The highest BCUT2D eigenvalue weighted by atomic mass is 17.2. The lowest BCUT2D eigenvalue weighted by atomic mass is 10.0. The minimum atomic E-state index is -0.314. The molecule has 1 unspecified atom stereocenters. The molecule has 148 valence electrons. The number of hydrogen-bond donors (Lipinski definition) is 4. The molecular formula is C20H26O7. The molecule has 2 aromatic rings. The van der Waals surface area contributed by atoms with Crippen molar-refractivity contribution in [3.63, 3.8) is 0 Å². The summed E-state index contributed by atoms with van der Waals surface area (Å²) in [5.74, 6) is -0.0952. The predicted molar refractivity (Wildman–Crippen MR) is 97.8 cm³/mol. The van der Waals surface area contributed by atoms with Crippen molar-refractivity contribution < 1.29 is 34.9 Å². The second kappa shape index (κ2) is 9.68. The molecule has 27 heavy (non-hydrogen) atoms. The van der Waals surface area contributed by atoms with Gasteiger partial charge in [0.2, 0.25) is 0 Å². The highest BCUT2D eigenvalue weighted by Gasteiger charge is 2.14. The molecule has 0 amide bonds. The van der Waals surface area contributed by atoms with Crippen LogP contribution in [0.2, 0.25) is 0 Å². The first kappa shape index (κ1) is 21.1. The second-order valence-corrected chi connectivity index (χ2v) is 6.34. The maximum absolute atomic E-state index is 10.2. The molecule has 0 aliphatic carbocycles. The van der Waals surface area contributed by atoms with Gasteiger partial charge in [-0.1, -0.05) is 11.6 Å². The molecule has 4 N–H and O–H groups in total. The van der Waals surface area contributed by atoms with Gasteiger partial charge in [-0.2, -0.15) is 0 Å². The average Bonchev–Trinajstić information content (AvgIpc) is 2.67. The van der Waals surface area contributed by atoms with Crippen LogP contribution < -0.4 is 0 Å². The smallest absolute Gasteiger partial charge is 0.126 e. The van der Waals surface area contributed by atoms with E-state index in [1.807, 2.05) is 13.8 Å². The van der Waals surface area contributed by atoms with Crippen molar-refractivity contribution in [3.05, 3.63) is 57.6 Å². The Morgan fingerprint density at radius 1 is 0.815 bits per heavy atom. The molecule has 1 atom stereocenters. The Morgan fingerprint density at radius 3 is 1.78 bits per heavy atom. The molecule has 0 heterocycles. The molecule has 0 radical (unpaired) electrons. The van der Waals surface area contributed by atoms with Gasteiger partial charge in [0.05, 0.1) is 19.3 Å². The van der Waals surface area contributed by atoms with E-state index in [1.165, 1.54) is 0 Å². The summed E-state index contributed by atoms with van der Waals surface area (Å²) in [7, 11) is 1.57. The Bertz CT molecular complexity index is 773. The van der Waals surface area contributed by atoms with E-state index >= 15 is 0 Å². The number of aromatic hydroxyl groups is 2. The molecule has 0 aliphatic rings. The van der Waals surface area contributed by atoms with Crippen LogP contribution in [0.3, 0.4) is 0 Å². The van der Waals surface area contributed by atoms with Gasteiger partial charge in [0.1, 0.15) is 24.7 Å². The van der Waals surface area contributed by atoms with Gasteiger partial charge >= 0.3 is 0 Å². The van der Waals surface area contributed by atoms with Crippen LogP contribution >= 0.6 is 0 Å². The topological polar surface area (TPSA) is 109 Å². The van der Waals surface area contributed by atoms with Gasteiger partial charge < -0.3 is 25.2 Å². The third-order valence-electron chi connectivity index (χ3n) is 4.38. The SMILES string of the molecule is COC(C)c1cc(CO)c(O)c(COOCc2cc(C)cc(CO)c2O)c1. The van der Waals surface area contributed by atoms with Crippen LogP contribution in [0, 0.1) is 6.92 Å². The van der Waals surface area contributed by atoms with Crippen molar-refractivity contribution in [3.8, 4) is 11.5 Å². The summed E-state index contributed by atoms with van der Waals surface area (Å²) >= 11 is 0. The molecule has 7 nitrogen and oxygen atoms in total. The predicted octanol–water partition coefficient (Wildman–Crippen LogP) is 2.75. The maximum Gasteiger partial charge on any atom is 0.126 e. The molecule has 0 aliphatic heterocycles. The molecule has 0 bridgehead atoms. The molecule has 0 spiro atoms. The van der Waals surface area contributed by atoms with E-state index in [-0.39, 0.29) is 44.0 Å². The third kappa shape index (κ3) is 5.18. The monoisotopic (exact) mass is 378 g/mol. The minimum Gasteiger partial charge on any atom is -0.507 e. The normalized spacial score (nSPS) is 12.3. The largest absolute Gasteiger partial charge is 0.507 e. The van der Waals surface area contributed by atoms with Gasteiger partial charge in [0, 0.05) is 29.4 Å². The van der Waals surface area contributed by atoms with Gasteiger partial charge in [0.15, 0.2) is 0 Å². The minimum absolute atomic E-state index is 0.0255. The van der Waals surface area contributed by atoms with Gasteiger partial charge in [-0.05, 0) is 37.6 Å². The van der Waals surface area contributed by atoms with E-state index in [0.717, 1.165) is 11.1 Å². The first-order chi connectivity index (χ1) is 12.9. The fourth-order valence-electron chi connectivity index (χ4n) is 2.76. The van der Waals surface area contributed by atoms with E-state index in [4.69, 9.17) is 14.5 Å². The zero-order valence-corrected chi connectivity index (χ0v) is 15.7. The standard InChI is InChI=1S/C20H26O7/c1-12-4-15(8-21)19(23)17(5-12)10-26-27-11-18-7-14(13(2)25-3)6-16(9-22)20(18)24/h4-7,13,21-24H,8-11H2,1-3H3. The van der Waals surface area contributed by atoms with Crippen molar-refractivity contribution in [2.24, 2.45) is 0 Å². The molecule has 0 saturated heterocycles. The number of benzene rings is 2. The van der Waals surface area contributed by atoms with E-state index in [1.54, 1.807) is 31.4 Å². The third-order valence-corrected chi connectivity index (χ3v) is 4.38. The van der Waals surface area contributed by atoms with Crippen LogP contribution in [0.5, 0.6) is 11.5 Å². The van der Waals surface area contributed by atoms with Crippen LogP contribution in [-0.2, 0) is 40.9 Å². The van der Waals surface area contributed by atoms with E-state index in [9.17, 15) is 20.4 Å². The number of ether oxygens (including phenoxy) is 1. The lowest BCUT2D eigenvalue weighted by Gasteiger charge is -2.16. The number of phenols is 2. The highest BCUT2D eigenvalue weighted by Crippen LogP contribution is 2.30. The number of hydrogen-bond acceptors (Lipinski definition) is 7. The van der Waals surface area contributed by atoms with Gasteiger partial charge in [0.25, 0.3) is 0 Å².